The van der Waals surface area contributed by atoms with Crippen LogP contribution in [0.5, 0.6) is 0 Å². The molecule has 15 heavy (non-hydrogen) atoms. The Bertz CT molecular complexity index is 381. The van der Waals surface area contributed by atoms with Crippen molar-refractivity contribution in [2.45, 2.75) is 19.9 Å². The highest BCUT2D eigenvalue weighted by molar-refractivity contribution is 5.85. The smallest absolute Gasteiger partial charge is 0.352 e. The average Bonchev–Trinajstić information content (AvgIpc) is 2.69. The molecule has 1 unspecified atom stereocenters. The molecule has 1 aromatic heterocycles. The van der Waals surface area contributed by atoms with Gasteiger partial charge in [-0.2, -0.15) is 0 Å². The topological polar surface area (TPSA) is 51.5 Å². The molecule has 1 aromatic rings. The van der Waals surface area contributed by atoms with E-state index in [-0.39, 0.29) is 11.5 Å². The molecule has 0 aromatic carbocycles. The van der Waals surface area contributed by atoms with Crippen LogP contribution in [-0.2, 0) is 4.74 Å². The minimum atomic E-state index is -0.886. The number of aromatic nitrogens is 1. The third-order valence-electron chi connectivity index (χ3n) is 2.99. The molecule has 4 nitrogen and oxygen atoms in total. The number of hydrogen-bond donors (Lipinski definition) is 1. The highest BCUT2D eigenvalue weighted by atomic mass is 16.5. The summed E-state index contributed by atoms with van der Waals surface area (Å²) < 4.78 is 7.22. The number of nitrogens with zero attached hydrogens (tertiary/aromatic N) is 1. The summed E-state index contributed by atoms with van der Waals surface area (Å²) in [4.78, 5) is 11.0. The number of carbonyl (C=O) groups is 1. The van der Waals surface area contributed by atoms with Crippen molar-refractivity contribution >= 4 is 5.97 Å². The first-order chi connectivity index (χ1) is 7.02. The Balaban J connectivity index is 2.37. The van der Waals surface area contributed by atoms with Gasteiger partial charge >= 0.3 is 5.97 Å². The summed E-state index contributed by atoms with van der Waals surface area (Å²) in [5, 5.41) is 9.02. The quantitative estimate of drug-likeness (QED) is 0.807. The van der Waals surface area contributed by atoms with Gasteiger partial charge in [-0.3, -0.25) is 0 Å². The van der Waals surface area contributed by atoms with Crippen molar-refractivity contribution in [1.29, 1.82) is 0 Å². The molecule has 1 aliphatic rings. The van der Waals surface area contributed by atoms with Crippen molar-refractivity contribution in [2.24, 2.45) is 5.41 Å². The largest absolute Gasteiger partial charge is 0.477 e. The second-order valence-electron chi connectivity index (χ2n) is 4.63. The Kier molecular flexibility index (Phi) is 2.31. The maximum atomic E-state index is 11.0. The van der Waals surface area contributed by atoms with Crippen molar-refractivity contribution in [3.63, 3.8) is 0 Å². The highest BCUT2D eigenvalue weighted by Gasteiger charge is 2.38. The van der Waals surface area contributed by atoms with Gasteiger partial charge in [0, 0.05) is 11.6 Å². The van der Waals surface area contributed by atoms with E-state index in [0.29, 0.717) is 18.9 Å². The first kappa shape index (κ1) is 10.2. The molecule has 82 valence electrons. The van der Waals surface area contributed by atoms with Crippen LogP contribution in [0.3, 0.4) is 0 Å². The zero-order valence-electron chi connectivity index (χ0n) is 8.93. The lowest BCUT2D eigenvalue weighted by Crippen LogP contribution is -2.27. The van der Waals surface area contributed by atoms with Gasteiger partial charge in [-0.25, -0.2) is 4.79 Å². The van der Waals surface area contributed by atoms with Gasteiger partial charge in [0.2, 0.25) is 0 Å². The van der Waals surface area contributed by atoms with Crippen LogP contribution in [0.2, 0.25) is 0 Å². The van der Waals surface area contributed by atoms with E-state index in [9.17, 15) is 4.79 Å². The number of ether oxygens (including phenoxy) is 1. The number of hydrogen-bond acceptors (Lipinski definition) is 2. The molecule has 1 atom stereocenters. The van der Waals surface area contributed by atoms with Gasteiger partial charge in [0.05, 0.1) is 19.3 Å². The summed E-state index contributed by atoms with van der Waals surface area (Å²) >= 11 is 0. The fourth-order valence-corrected chi connectivity index (χ4v) is 2.06. The van der Waals surface area contributed by atoms with E-state index in [0.717, 1.165) is 0 Å². The van der Waals surface area contributed by atoms with Crippen LogP contribution < -0.4 is 0 Å². The number of aromatic carboxylic acids is 1. The summed E-state index contributed by atoms with van der Waals surface area (Å²) in [6, 6.07) is 3.49. The zero-order chi connectivity index (χ0) is 11.1. The lowest BCUT2D eigenvalue weighted by molar-refractivity contribution is 0.0679. The van der Waals surface area contributed by atoms with Crippen LogP contribution in [0.25, 0.3) is 0 Å². The number of carboxylic acid groups (broad SMARTS) is 1. The zero-order valence-corrected chi connectivity index (χ0v) is 8.93. The minimum absolute atomic E-state index is 0.0107. The van der Waals surface area contributed by atoms with Gasteiger partial charge in [0.1, 0.15) is 5.69 Å². The van der Waals surface area contributed by atoms with Gasteiger partial charge in [-0.05, 0) is 12.1 Å². The van der Waals surface area contributed by atoms with E-state index < -0.39 is 5.97 Å². The Morgan fingerprint density at radius 1 is 1.67 bits per heavy atom. The molecule has 0 aliphatic carbocycles. The molecule has 1 N–H and O–H groups in total. The fourth-order valence-electron chi connectivity index (χ4n) is 2.06. The van der Waals surface area contributed by atoms with E-state index in [4.69, 9.17) is 9.84 Å². The Morgan fingerprint density at radius 3 is 2.93 bits per heavy atom. The van der Waals surface area contributed by atoms with E-state index in [1.807, 2.05) is 6.20 Å². The molecule has 2 rings (SSSR count). The van der Waals surface area contributed by atoms with Gasteiger partial charge in [0.25, 0.3) is 0 Å². The third kappa shape index (κ3) is 1.65. The molecule has 4 heteroatoms. The molecule has 1 aliphatic heterocycles. The molecule has 0 radical (unpaired) electrons. The summed E-state index contributed by atoms with van der Waals surface area (Å²) in [6.07, 6.45) is 1.81. The van der Waals surface area contributed by atoms with Crippen LogP contribution in [0.4, 0.5) is 0 Å². The van der Waals surface area contributed by atoms with Crippen molar-refractivity contribution in [1.82, 2.24) is 4.57 Å². The van der Waals surface area contributed by atoms with E-state index in [1.54, 1.807) is 16.7 Å². The molecular formula is C11H15NO3. The molecule has 0 amide bonds. The Labute approximate surface area is 88.5 Å². The van der Waals surface area contributed by atoms with Crippen LogP contribution in [0.1, 0.15) is 30.4 Å². The van der Waals surface area contributed by atoms with E-state index in [2.05, 4.69) is 13.8 Å². The maximum absolute atomic E-state index is 11.0. The summed E-state index contributed by atoms with van der Waals surface area (Å²) in [5.74, 6) is -0.886. The molecule has 1 saturated heterocycles. The van der Waals surface area contributed by atoms with Crippen LogP contribution >= 0.6 is 0 Å². The molecule has 0 saturated carbocycles. The fraction of sp³-hybridized carbons (Fsp3) is 0.545. The molecule has 0 spiro atoms. The van der Waals surface area contributed by atoms with Crippen molar-refractivity contribution in [3.05, 3.63) is 24.0 Å². The standard InChI is InChI=1S/C11H15NO3/c1-11(2)7-15-6-9(11)12-5-3-4-8(12)10(13)14/h3-5,9H,6-7H2,1-2H3,(H,13,14). The summed E-state index contributed by atoms with van der Waals surface area (Å²) in [6.45, 7) is 5.45. The lowest BCUT2D eigenvalue weighted by Gasteiger charge is -2.26. The van der Waals surface area contributed by atoms with Crippen LogP contribution in [-0.4, -0.2) is 28.9 Å². The van der Waals surface area contributed by atoms with Crippen LogP contribution in [0, 0.1) is 5.41 Å². The Hall–Kier alpha value is -1.29. The summed E-state index contributed by atoms with van der Waals surface area (Å²) in [7, 11) is 0. The van der Waals surface area contributed by atoms with E-state index in [1.165, 1.54) is 0 Å². The van der Waals surface area contributed by atoms with Crippen molar-refractivity contribution in [3.8, 4) is 0 Å². The van der Waals surface area contributed by atoms with Gasteiger partial charge < -0.3 is 14.4 Å². The third-order valence-corrected chi connectivity index (χ3v) is 2.99. The predicted octanol–water partition coefficient (Wildman–Crippen LogP) is 1.78. The first-order valence-electron chi connectivity index (χ1n) is 5.00. The van der Waals surface area contributed by atoms with Gasteiger partial charge in [-0.1, -0.05) is 13.8 Å². The monoisotopic (exact) mass is 209 g/mol. The SMILES string of the molecule is CC1(C)COCC1n1cccc1C(=O)O. The average molecular weight is 209 g/mol. The molecular weight excluding hydrogens is 194 g/mol. The molecule has 2 heterocycles. The summed E-state index contributed by atoms with van der Waals surface area (Å²) in [5.41, 5.74) is 0.321. The first-order valence-corrected chi connectivity index (χ1v) is 5.00. The van der Waals surface area contributed by atoms with Crippen molar-refractivity contribution in [2.75, 3.05) is 13.2 Å². The number of rotatable bonds is 2. The van der Waals surface area contributed by atoms with Gasteiger partial charge in [-0.15, -0.1) is 0 Å². The van der Waals surface area contributed by atoms with E-state index >= 15 is 0 Å². The predicted molar refractivity (Wildman–Crippen MR) is 55.0 cm³/mol. The molecule has 0 bridgehead atoms. The van der Waals surface area contributed by atoms with Crippen LogP contribution in [0.15, 0.2) is 18.3 Å². The van der Waals surface area contributed by atoms with Crippen molar-refractivity contribution < 1.29 is 14.6 Å². The highest BCUT2D eigenvalue weighted by Crippen LogP contribution is 2.37. The molecule has 1 fully saturated rings. The lowest BCUT2D eigenvalue weighted by atomic mass is 9.87. The second kappa shape index (κ2) is 3.38. The minimum Gasteiger partial charge on any atom is -0.477 e. The number of carboxylic acids is 1. The second-order valence-corrected chi connectivity index (χ2v) is 4.63. The Morgan fingerprint density at radius 2 is 2.40 bits per heavy atom. The van der Waals surface area contributed by atoms with Gasteiger partial charge in [0.15, 0.2) is 0 Å². The normalized spacial score (nSPS) is 24.3. The maximum Gasteiger partial charge on any atom is 0.352 e.